The number of likely N-dealkylation sites (tertiary alicyclic amines) is 1. The Morgan fingerprint density at radius 3 is 2.52 bits per heavy atom. The predicted molar refractivity (Wildman–Crippen MR) is 190 cm³/mol. The molecule has 50 heavy (non-hydrogen) atoms. The van der Waals surface area contributed by atoms with Gasteiger partial charge < -0.3 is 33.9 Å². The first-order valence-corrected chi connectivity index (χ1v) is 17.4. The van der Waals surface area contributed by atoms with E-state index in [4.69, 9.17) is 37.7 Å². The summed E-state index contributed by atoms with van der Waals surface area (Å²) in [4.78, 5) is 22.4. The van der Waals surface area contributed by atoms with Crippen LogP contribution in [0, 0.1) is 0 Å². The molecule has 1 unspecified atom stereocenters. The van der Waals surface area contributed by atoms with Crippen molar-refractivity contribution in [3.63, 3.8) is 0 Å². The number of fused-ring (bicyclic) bond motifs is 1. The number of hydrogen-bond donors (Lipinski definition) is 1. The van der Waals surface area contributed by atoms with Crippen molar-refractivity contribution in [2.75, 3.05) is 58.9 Å². The fraction of sp³-hybridized carbons (Fsp3) is 0.444. The Balaban J connectivity index is 1.24. The number of ether oxygens (including phenoxy) is 3. The third-order valence-corrected chi connectivity index (χ3v) is 9.66. The molecular formula is C36H42Cl2F3N5O4. The Kier molecular flexibility index (Phi) is 12.8. The molecular weight excluding hydrogens is 694 g/mol. The van der Waals surface area contributed by atoms with Gasteiger partial charge >= 0.3 is 6.36 Å². The van der Waals surface area contributed by atoms with Crippen molar-refractivity contribution >= 4 is 46.1 Å². The van der Waals surface area contributed by atoms with Crippen LogP contribution in [0.3, 0.4) is 0 Å². The van der Waals surface area contributed by atoms with E-state index in [1.165, 1.54) is 18.1 Å². The number of benzene rings is 3. The Morgan fingerprint density at radius 1 is 1.06 bits per heavy atom. The average Bonchev–Trinajstić information content (AvgIpc) is 3.44. The van der Waals surface area contributed by atoms with Crippen molar-refractivity contribution in [2.24, 2.45) is 0 Å². The monoisotopic (exact) mass is 735 g/mol. The molecule has 1 fully saturated rings. The fourth-order valence-corrected chi connectivity index (χ4v) is 6.64. The number of likely N-dealkylation sites (N-methyl/N-ethyl adjacent to an activating group) is 1. The molecule has 0 bridgehead atoms. The Labute approximate surface area is 300 Å². The second-order valence-corrected chi connectivity index (χ2v) is 13.1. The Hall–Kier alpha value is -3.71. The lowest BCUT2D eigenvalue weighted by Gasteiger charge is -2.34. The van der Waals surface area contributed by atoms with Crippen LogP contribution in [0.25, 0.3) is 11.0 Å². The largest absolute Gasteiger partial charge is 0.573 e. The van der Waals surface area contributed by atoms with Gasteiger partial charge in [0.25, 0.3) is 5.91 Å². The van der Waals surface area contributed by atoms with Crippen molar-refractivity contribution in [1.29, 1.82) is 0 Å². The lowest BCUT2D eigenvalue weighted by Crippen LogP contribution is -2.40. The highest BCUT2D eigenvalue weighted by atomic mass is 35.5. The molecule has 4 aromatic rings. The lowest BCUT2D eigenvalue weighted by molar-refractivity contribution is -0.274. The van der Waals surface area contributed by atoms with E-state index in [2.05, 4.69) is 25.6 Å². The van der Waals surface area contributed by atoms with Crippen LogP contribution in [0.2, 0.25) is 10.0 Å². The number of methoxy groups -OCH3 is 1. The van der Waals surface area contributed by atoms with E-state index in [0.717, 1.165) is 67.2 Å². The molecule has 1 amide bonds. The summed E-state index contributed by atoms with van der Waals surface area (Å²) < 4.78 is 55.9. The minimum Gasteiger partial charge on any atom is -0.496 e. The zero-order chi connectivity index (χ0) is 35.8. The number of amides is 1. The van der Waals surface area contributed by atoms with Crippen LogP contribution in [0.4, 0.5) is 19.1 Å². The van der Waals surface area contributed by atoms with Gasteiger partial charge in [0.15, 0.2) is 0 Å². The van der Waals surface area contributed by atoms with E-state index < -0.39 is 18.0 Å². The molecule has 9 nitrogen and oxygen atoms in total. The highest BCUT2D eigenvalue weighted by Gasteiger charge is 2.32. The van der Waals surface area contributed by atoms with E-state index in [1.807, 2.05) is 31.2 Å². The highest BCUT2D eigenvalue weighted by molar-refractivity contribution is 6.42. The molecule has 1 aromatic heterocycles. The molecule has 3 aromatic carbocycles. The van der Waals surface area contributed by atoms with E-state index in [0.29, 0.717) is 36.2 Å². The predicted octanol–water partition coefficient (Wildman–Crippen LogP) is 8.11. The van der Waals surface area contributed by atoms with Gasteiger partial charge in [0.2, 0.25) is 5.95 Å². The molecule has 2 heterocycles. The van der Waals surface area contributed by atoms with Gasteiger partial charge in [-0.15, -0.1) is 13.2 Å². The summed E-state index contributed by atoms with van der Waals surface area (Å²) >= 11 is 12.6. The summed E-state index contributed by atoms with van der Waals surface area (Å²) in [6, 6.07) is 17.2. The normalized spacial score (nSPS) is 14.9. The number of hydrogen-bond acceptors (Lipinski definition) is 7. The number of aromatic nitrogens is 2. The molecule has 1 aliphatic heterocycles. The number of carbonyl (C=O) groups is 1. The molecule has 0 spiro atoms. The highest BCUT2D eigenvalue weighted by Crippen LogP contribution is 2.32. The van der Waals surface area contributed by atoms with Crippen LogP contribution in [0.5, 0.6) is 11.5 Å². The lowest BCUT2D eigenvalue weighted by atomic mass is 9.94. The molecule has 1 N–H and O–H groups in total. The minimum absolute atomic E-state index is 0.0365. The minimum atomic E-state index is -4.90. The molecule has 0 radical (unpaired) electrons. The molecule has 270 valence electrons. The summed E-state index contributed by atoms with van der Waals surface area (Å²) in [7, 11) is 2.97. The summed E-state index contributed by atoms with van der Waals surface area (Å²) in [5, 5.41) is 4.51. The number of halogens is 5. The second-order valence-electron chi connectivity index (χ2n) is 12.3. The van der Waals surface area contributed by atoms with Gasteiger partial charge in [0.1, 0.15) is 11.5 Å². The molecule has 1 saturated heterocycles. The van der Waals surface area contributed by atoms with E-state index in [1.54, 1.807) is 19.2 Å². The van der Waals surface area contributed by atoms with Gasteiger partial charge in [0.05, 0.1) is 40.4 Å². The number of nitrogens with zero attached hydrogens (tertiary/aromatic N) is 4. The standard InChI is InChI=1S/C36H42Cl2F3N5O4/c1-4-49-20-19-46-32-8-6-5-7-31(32)43-35(46)42-26-14-17-45(18-15-26)16-13-25(24-9-11-29(37)30(38)21-24)23-44(2)34(47)28-22-27(50-36(39,40)41)10-12-33(28)48-3/h5-12,21-22,25-26H,4,13-20,23H2,1-3H3,(H,42,43). The SMILES string of the molecule is CCOCCn1c(NC2CCN(CCC(CN(C)C(=O)c3cc(OC(F)(F)F)ccc3OC)c3ccc(Cl)c(Cl)c3)CC2)nc2ccccc21. The third kappa shape index (κ3) is 9.74. The molecule has 14 heteroatoms. The maximum absolute atomic E-state index is 13.6. The zero-order valence-electron chi connectivity index (χ0n) is 28.3. The van der Waals surface area contributed by atoms with Crippen molar-refractivity contribution in [3.8, 4) is 11.5 Å². The molecule has 0 aliphatic carbocycles. The smallest absolute Gasteiger partial charge is 0.496 e. The van der Waals surface area contributed by atoms with Crippen LogP contribution < -0.4 is 14.8 Å². The van der Waals surface area contributed by atoms with Crippen LogP contribution in [-0.4, -0.2) is 91.2 Å². The average molecular weight is 737 g/mol. The number of piperidine rings is 1. The molecule has 0 saturated carbocycles. The number of nitrogens with one attached hydrogen (secondary N) is 1. The summed E-state index contributed by atoms with van der Waals surface area (Å²) in [5.74, 6) is -0.150. The van der Waals surface area contributed by atoms with Crippen LogP contribution >= 0.6 is 23.2 Å². The van der Waals surface area contributed by atoms with E-state index in [9.17, 15) is 18.0 Å². The van der Waals surface area contributed by atoms with Gasteiger partial charge in [-0.3, -0.25) is 4.79 Å². The number of carbonyl (C=O) groups excluding carboxylic acids is 1. The molecule has 5 rings (SSSR count). The number of rotatable bonds is 15. The fourth-order valence-electron chi connectivity index (χ4n) is 6.33. The van der Waals surface area contributed by atoms with Crippen molar-refractivity contribution in [2.45, 2.75) is 51.1 Å². The van der Waals surface area contributed by atoms with Crippen molar-refractivity contribution in [3.05, 3.63) is 81.8 Å². The van der Waals surface area contributed by atoms with E-state index >= 15 is 0 Å². The summed E-state index contributed by atoms with van der Waals surface area (Å²) in [5.41, 5.74) is 2.89. The van der Waals surface area contributed by atoms with Gasteiger partial charge in [-0.25, -0.2) is 4.98 Å². The summed E-state index contributed by atoms with van der Waals surface area (Å²) in [6.45, 7) is 6.77. The van der Waals surface area contributed by atoms with Gasteiger partial charge in [0, 0.05) is 51.8 Å². The summed E-state index contributed by atoms with van der Waals surface area (Å²) in [6.07, 6.45) is -2.33. The first-order chi connectivity index (χ1) is 24.0. The van der Waals surface area contributed by atoms with Crippen molar-refractivity contribution < 1.29 is 32.2 Å². The molecule has 1 aliphatic rings. The first-order valence-electron chi connectivity index (χ1n) is 16.6. The maximum Gasteiger partial charge on any atom is 0.573 e. The zero-order valence-corrected chi connectivity index (χ0v) is 29.8. The molecule has 1 atom stereocenters. The Morgan fingerprint density at radius 2 is 1.82 bits per heavy atom. The van der Waals surface area contributed by atoms with Gasteiger partial charge in [-0.2, -0.15) is 0 Å². The maximum atomic E-state index is 13.6. The second kappa shape index (κ2) is 17.0. The van der Waals surface area contributed by atoms with Gasteiger partial charge in [-0.05, 0) is 80.8 Å². The number of para-hydroxylation sites is 2. The van der Waals surface area contributed by atoms with Crippen LogP contribution in [0.1, 0.15) is 48.0 Å². The number of anilines is 1. The quantitative estimate of drug-likeness (QED) is 0.124. The van der Waals surface area contributed by atoms with Crippen LogP contribution in [-0.2, 0) is 11.3 Å². The number of alkyl halides is 3. The van der Waals surface area contributed by atoms with Crippen molar-refractivity contribution in [1.82, 2.24) is 19.4 Å². The van der Waals surface area contributed by atoms with Gasteiger partial charge in [-0.1, -0.05) is 41.4 Å². The first kappa shape index (κ1) is 37.5. The van der Waals surface area contributed by atoms with Crippen LogP contribution in [0.15, 0.2) is 60.7 Å². The van der Waals surface area contributed by atoms with E-state index in [-0.39, 0.29) is 29.8 Å². The topological polar surface area (TPSA) is 81.1 Å². The third-order valence-electron chi connectivity index (χ3n) is 8.92. The Bertz CT molecular complexity index is 1750. The number of imidazole rings is 1.